The SMILES string of the molecule is CCC(=O)Oc1cccc(I)c1COc1cc(F)c(CC)cc1C. The average Bonchev–Trinajstić information content (AvgIpc) is 2.56. The summed E-state index contributed by atoms with van der Waals surface area (Å²) in [7, 11) is 0. The van der Waals surface area contributed by atoms with Gasteiger partial charge in [0.15, 0.2) is 0 Å². The van der Waals surface area contributed by atoms with Crippen molar-refractivity contribution in [3.8, 4) is 11.5 Å². The van der Waals surface area contributed by atoms with E-state index in [9.17, 15) is 9.18 Å². The normalized spacial score (nSPS) is 10.5. The minimum Gasteiger partial charge on any atom is -0.488 e. The van der Waals surface area contributed by atoms with Gasteiger partial charge in [0.2, 0.25) is 0 Å². The zero-order chi connectivity index (χ0) is 17.7. The second-order valence-corrected chi connectivity index (χ2v) is 6.56. The molecule has 0 radical (unpaired) electrons. The number of halogens is 2. The lowest BCUT2D eigenvalue weighted by Gasteiger charge is -2.15. The Kier molecular flexibility index (Phi) is 6.60. The van der Waals surface area contributed by atoms with Crippen LogP contribution in [0.1, 0.15) is 37.0 Å². The van der Waals surface area contributed by atoms with Crippen molar-refractivity contribution in [3.05, 3.63) is 56.4 Å². The standard InChI is InChI=1S/C19H20FIO3/c1-4-13-9-12(3)18(10-15(13)20)23-11-14-16(21)7-6-8-17(14)24-19(22)5-2/h6-10H,4-5,11H2,1-3H3. The van der Waals surface area contributed by atoms with Crippen LogP contribution in [0.4, 0.5) is 4.39 Å². The Labute approximate surface area is 155 Å². The molecular formula is C19H20FIO3. The van der Waals surface area contributed by atoms with Gasteiger partial charge in [0.25, 0.3) is 0 Å². The average molecular weight is 442 g/mol. The Morgan fingerprint density at radius 3 is 2.62 bits per heavy atom. The van der Waals surface area contributed by atoms with E-state index in [0.717, 1.165) is 14.7 Å². The van der Waals surface area contributed by atoms with E-state index < -0.39 is 0 Å². The third kappa shape index (κ3) is 4.47. The molecule has 0 bridgehead atoms. The summed E-state index contributed by atoms with van der Waals surface area (Å²) in [5.74, 6) is 0.417. The maximum Gasteiger partial charge on any atom is 0.310 e. The highest BCUT2D eigenvalue weighted by Crippen LogP contribution is 2.28. The number of ether oxygens (including phenoxy) is 2. The molecule has 0 aromatic heterocycles. The molecular weight excluding hydrogens is 422 g/mol. The smallest absolute Gasteiger partial charge is 0.310 e. The number of hydrogen-bond donors (Lipinski definition) is 0. The van der Waals surface area contributed by atoms with Crippen LogP contribution in [-0.4, -0.2) is 5.97 Å². The van der Waals surface area contributed by atoms with Crippen molar-refractivity contribution < 1.29 is 18.7 Å². The van der Waals surface area contributed by atoms with Gasteiger partial charge in [0, 0.05) is 21.6 Å². The van der Waals surface area contributed by atoms with Crippen LogP contribution in [-0.2, 0) is 17.8 Å². The number of hydrogen-bond acceptors (Lipinski definition) is 3. The van der Waals surface area contributed by atoms with Gasteiger partial charge < -0.3 is 9.47 Å². The Morgan fingerprint density at radius 1 is 1.21 bits per heavy atom. The lowest BCUT2D eigenvalue weighted by atomic mass is 10.1. The molecule has 0 saturated heterocycles. The van der Waals surface area contributed by atoms with Crippen molar-refractivity contribution in [1.82, 2.24) is 0 Å². The molecule has 128 valence electrons. The quantitative estimate of drug-likeness (QED) is 0.351. The number of benzene rings is 2. The summed E-state index contributed by atoms with van der Waals surface area (Å²) in [6.45, 7) is 5.76. The minimum atomic E-state index is -0.298. The molecule has 0 amide bonds. The van der Waals surface area contributed by atoms with Crippen molar-refractivity contribution in [2.75, 3.05) is 0 Å². The van der Waals surface area contributed by atoms with Crippen LogP contribution in [0.3, 0.4) is 0 Å². The molecule has 0 spiro atoms. The fourth-order valence-electron chi connectivity index (χ4n) is 2.27. The van der Waals surface area contributed by atoms with Gasteiger partial charge in [-0.3, -0.25) is 4.79 Å². The first-order valence-corrected chi connectivity index (χ1v) is 8.94. The van der Waals surface area contributed by atoms with E-state index in [0.29, 0.717) is 29.9 Å². The summed E-state index contributed by atoms with van der Waals surface area (Å²) >= 11 is 2.17. The van der Waals surface area contributed by atoms with Gasteiger partial charge >= 0.3 is 5.97 Å². The summed E-state index contributed by atoms with van der Waals surface area (Å²) in [6, 6.07) is 8.70. The highest BCUT2D eigenvalue weighted by molar-refractivity contribution is 14.1. The number of carbonyl (C=O) groups excluding carboxylic acids is 1. The monoisotopic (exact) mass is 442 g/mol. The first-order valence-electron chi connectivity index (χ1n) is 7.86. The first-order chi connectivity index (χ1) is 11.5. The molecule has 2 aromatic carbocycles. The molecule has 3 nitrogen and oxygen atoms in total. The number of rotatable bonds is 6. The van der Waals surface area contributed by atoms with E-state index in [2.05, 4.69) is 22.6 Å². The third-order valence-corrected chi connectivity index (χ3v) is 4.70. The molecule has 0 atom stereocenters. The van der Waals surface area contributed by atoms with Crippen LogP contribution in [0.25, 0.3) is 0 Å². The van der Waals surface area contributed by atoms with Gasteiger partial charge in [-0.05, 0) is 65.3 Å². The van der Waals surface area contributed by atoms with E-state index in [4.69, 9.17) is 9.47 Å². The molecule has 0 aliphatic carbocycles. The van der Waals surface area contributed by atoms with Gasteiger partial charge in [-0.15, -0.1) is 0 Å². The van der Waals surface area contributed by atoms with Gasteiger partial charge in [0.05, 0.1) is 0 Å². The molecule has 5 heteroatoms. The Morgan fingerprint density at radius 2 is 1.96 bits per heavy atom. The van der Waals surface area contributed by atoms with Crippen LogP contribution >= 0.6 is 22.6 Å². The molecule has 0 N–H and O–H groups in total. The zero-order valence-electron chi connectivity index (χ0n) is 14.0. The summed E-state index contributed by atoms with van der Waals surface area (Å²) in [6.07, 6.45) is 0.940. The molecule has 2 rings (SSSR count). The van der Waals surface area contributed by atoms with Crippen molar-refractivity contribution in [2.24, 2.45) is 0 Å². The van der Waals surface area contributed by atoms with Gasteiger partial charge in [-0.1, -0.05) is 19.9 Å². The van der Waals surface area contributed by atoms with Gasteiger partial charge in [0.1, 0.15) is 23.9 Å². The van der Waals surface area contributed by atoms with Crippen LogP contribution in [0.5, 0.6) is 11.5 Å². The molecule has 0 aliphatic heterocycles. The molecule has 0 aliphatic rings. The summed E-state index contributed by atoms with van der Waals surface area (Å²) in [5, 5.41) is 0. The summed E-state index contributed by atoms with van der Waals surface area (Å²) in [5.41, 5.74) is 2.33. The molecule has 0 unspecified atom stereocenters. The summed E-state index contributed by atoms with van der Waals surface area (Å²) in [4.78, 5) is 11.6. The van der Waals surface area contributed by atoms with E-state index in [1.54, 1.807) is 19.1 Å². The highest BCUT2D eigenvalue weighted by Gasteiger charge is 2.13. The fourth-order valence-corrected chi connectivity index (χ4v) is 2.90. The second kappa shape index (κ2) is 8.46. The highest BCUT2D eigenvalue weighted by atomic mass is 127. The number of aryl methyl sites for hydroxylation is 2. The number of esters is 1. The molecule has 0 heterocycles. The number of carbonyl (C=O) groups is 1. The van der Waals surface area contributed by atoms with Crippen LogP contribution in [0.2, 0.25) is 0 Å². The second-order valence-electron chi connectivity index (χ2n) is 5.40. The predicted molar refractivity (Wildman–Crippen MR) is 99.9 cm³/mol. The molecule has 0 fully saturated rings. The van der Waals surface area contributed by atoms with Crippen LogP contribution in [0, 0.1) is 16.3 Å². The summed E-state index contributed by atoms with van der Waals surface area (Å²) < 4.78 is 26.1. The Bertz CT molecular complexity index is 744. The Balaban J connectivity index is 2.23. The van der Waals surface area contributed by atoms with E-state index in [1.807, 2.05) is 26.0 Å². The van der Waals surface area contributed by atoms with Crippen molar-refractivity contribution in [1.29, 1.82) is 0 Å². The predicted octanol–water partition coefficient (Wildman–Crippen LogP) is 5.20. The van der Waals surface area contributed by atoms with Crippen molar-refractivity contribution in [3.63, 3.8) is 0 Å². The maximum absolute atomic E-state index is 14.0. The lowest BCUT2D eigenvalue weighted by molar-refractivity contribution is -0.134. The topological polar surface area (TPSA) is 35.5 Å². The largest absolute Gasteiger partial charge is 0.488 e. The molecule has 2 aromatic rings. The van der Waals surface area contributed by atoms with E-state index >= 15 is 0 Å². The maximum atomic E-state index is 14.0. The van der Waals surface area contributed by atoms with Crippen LogP contribution < -0.4 is 9.47 Å². The third-order valence-electron chi connectivity index (χ3n) is 3.69. The van der Waals surface area contributed by atoms with E-state index in [-0.39, 0.29) is 18.4 Å². The Hall–Kier alpha value is -1.63. The first kappa shape index (κ1) is 18.7. The molecule has 24 heavy (non-hydrogen) atoms. The van der Waals surface area contributed by atoms with Gasteiger partial charge in [-0.2, -0.15) is 0 Å². The van der Waals surface area contributed by atoms with Crippen molar-refractivity contribution in [2.45, 2.75) is 40.2 Å². The lowest BCUT2D eigenvalue weighted by Crippen LogP contribution is -2.10. The van der Waals surface area contributed by atoms with Crippen LogP contribution in [0.15, 0.2) is 30.3 Å². The minimum absolute atomic E-state index is 0.206. The fraction of sp³-hybridized carbons (Fsp3) is 0.316. The van der Waals surface area contributed by atoms with E-state index in [1.165, 1.54) is 6.07 Å². The zero-order valence-corrected chi connectivity index (χ0v) is 16.1. The van der Waals surface area contributed by atoms with Gasteiger partial charge in [-0.25, -0.2) is 4.39 Å². The molecule has 0 saturated carbocycles. The van der Waals surface area contributed by atoms with Crippen molar-refractivity contribution >= 4 is 28.6 Å².